The van der Waals surface area contributed by atoms with Crippen molar-refractivity contribution in [3.8, 4) is 0 Å². The largest absolute Gasteiger partial charge is 0.244 e. The lowest BCUT2D eigenvalue weighted by Gasteiger charge is -1.87. The van der Waals surface area contributed by atoms with Crippen LogP contribution in [0.5, 0.6) is 0 Å². The van der Waals surface area contributed by atoms with Gasteiger partial charge in [-0.25, -0.2) is 4.39 Å². The fraction of sp³-hybridized carbons (Fsp3) is 1.00. The maximum absolute atomic E-state index is 12.2. The maximum Gasteiger partial charge on any atom is 0.111 e. The molecule has 1 heteroatoms. The first kappa shape index (κ1) is 7.93. The highest BCUT2D eigenvalue weighted by Gasteiger charge is 2.47. The highest BCUT2D eigenvalue weighted by Crippen LogP contribution is 2.45. The molecule has 0 amide bonds. The third kappa shape index (κ3) is 1.81. The summed E-state index contributed by atoms with van der Waals surface area (Å²) < 4.78 is 12.2. The normalized spacial score (nSPS) is 42.4. The van der Waals surface area contributed by atoms with Gasteiger partial charge in [-0.2, -0.15) is 0 Å². The average Bonchev–Trinajstić information content (AvgIpc) is 2.19. The lowest BCUT2D eigenvalue weighted by Crippen LogP contribution is -1.90. The topological polar surface area (TPSA) is 0 Å². The second-order valence-corrected chi connectivity index (χ2v) is 2.38. The molecule has 0 aliphatic heterocycles. The third-order valence-electron chi connectivity index (χ3n) is 1.57. The lowest BCUT2D eigenvalue weighted by molar-refractivity contribution is 0.315. The van der Waals surface area contributed by atoms with Crippen LogP contribution in [0.2, 0.25) is 0 Å². The third-order valence-corrected chi connectivity index (χ3v) is 1.57. The van der Waals surface area contributed by atoms with Gasteiger partial charge in [-0.1, -0.05) is 20.8 Å². The molecule has 0 aromatic heterocycles. The zero-order valence-corrected chi connectivity index (χ0v) is 6.16. The molecule has 0 radical (unpaired) electrons. The van der Waals surface area contributed by atoms with Crippen LogP contribution in [-0.4, -0.2) is 5.67 Å². The fourth-order valence-electron chi connectivity index (χ4n) is 0.540. The van der Waals surface area contributed by atoms with E-state index in [4.69, 9.17) is 0 Å². The van der Waals surface area contributed by atoms with Crippen LogP contribution >= 0.6 is 0 Å². The minimum absolute atomic E-state index is 0.331. The molecule has 1 fully saturated rings. The van der Waals surface area contributed by atoms with Crippen LogP contribution in [0.1, 0.15) is 34.1 Å². The SMILES string of the molecule is CC.CC1CC1(C)F. The summed E-state index contributed by atoms with van der Waals surface area (Å²) >= 11 is 0. The molecule has 0 aromatic carbocycles. The monoisotopic (exact) mass is 118 g/mol. The van der Waals surface area contributed by atoms with Crippen LogP contribution in [0.25, 0.3) is 0 Å². The first-order valence-electron chi connectivity index (χ1n) is 3.32. The van der Waals surface area contributed by atoms with Gasteiger partial charge in [0, 0.05) is 0 Å². The van der Waals surface area contributed by atoms with Crippen molar-refractivity contribution in [2.75, 3.05) is 0 Å². The van der Waals surface area contributed by atoms with Crippen molar-refractivity contribution in [1.29, 1.82) is 0 Å². The van der Waals surface area contributed by atoms with Crippen molar-refractivity contribution >= 4 is 0 Å². The van der Waals surface area contributed by atoms with Crippen LogP contribution in [0.3, 0.4) is 0 Å². The smallest absolute Gasteiger partial charge is 0.111 e. The van der Waals surface area contributed by atoms with Crippen molar-refractivity contribution < 1.29 is 4.39 Å². The Labute approximate surface area is 51.1 Å². The second-order valence-electron chi connectivity index (χ2n) is 2.38. The van der Waals surface area contributed by atoms with Crippen LogP contribution < -0.4 is 0 Å². The Balaban J connectivity index is 0.000000222. The van der Waals surface area contributed by atoms with Crippen molar-refractivity contribution in [1.82, 2.24) is 0 Å². The molecule has 8 heavy (non-hydrogen) atoms. The van der Waals surface area contributed by atoms with Crippen molar-refractivity contribution in [3.05, 3.63) is 0 Å². The van der Waals surface area contributed by atoms with Gasteiger partial charge < -0.3 is 0 Å². The molecule has 2 unspecified atom stereocenters. The Morgan fingerprint density at radius 2 is 1.62 bits per heavy atom. The van der Waals surface area contributed by atoms with E-state index in [2.05, 4.69) is 0 Å². The molecule has 2 atom stereocenters. The summed E-state index contributed by atoms with van der Waals surface area (Å²) in [6.45, 7) is 7.58. The standard InChI is InChI=1S/C5H9F.C2H6/c1-4-3-5(4,2)6;1-2/h4H,3H2,1-2H3;1-2H3. The van der Waals surface area contributed by atoms with E-state index >= 15 is 0 Å². The summed E-state index contributed by atoms with van der Waals surface area (Å²) in [6, 6.07) is 0. The van der Waals surface area contributed by atoms with E-state index in [-0.39, 0.29) is 0 Å². The Morgan fingerprint density at radius 1 is 1.50 bits per heavy atom. The van der Waals surface area contributed by atoms with Gasteiger partial charge in [0.25, 0.3) is 0 Å². The Morgan fingerprint density at radius 3 is 1.62 bits per heavy atom. The highest BCUT2D eigenvalue weighted by atomic mass is 19.1. The van der Waals surface area contributed by atoms with Gasteiger partial charge in [-0.05, 0) is 19.3 Å². The van der Waals surface area contributed by atoms with E-state index in [0.29, 0.717) is 5.92 Å². The van der Waals surface area contributed by atoms with E-state index in [9.17, 15) is 4.39 Å². The quantitative estimate of drug-likeness (QED) is 0.459. The Hall–Kier alpha value is -0.0700. The summed E-state index contributed by atoms with van der Waals surface area (Å²) in [6.07, 6.45) is 0.771. The number of halogens is 1. The van der Waals surface area contributed by atoms with E-state index < -0.39 is 5.67 Å². The molecular formula is C7H15F. The fourth-order valence-corrected chi connectivity index (χ4v) is 0.540. The number of rotatable bonds is 0. The molecule has 0 saturated heterocycles. The molecular weight excluding hydrogens is 103 g/mol. The summed E-state index contributed by atoms with van der Waals surface area (Å²) in [5.41, 5.74) is -0.792. The molecule has 0 bridgehead atoms. The predicted octanol–water partition coefficient (Wildman–Crippen LogP) is 2.78. The first-order chi connectivity index (χ1) is 3.63. The summed E-state index contributed by atoms with van der Waals surface area (Å²) in [5, 5.41) is 0. The van der Waals surface area contributed by atoms with Gasteiger partial charge in [-0.3, -0.25) is 0 Å². The van der Waals surface area contributed by atoms with Crippen molar-refractivity contribution in [2.45, 2.75) is 39.8 Å². The first-order valence-corrected chi connectivity index (χ1v) is 3.32. The number of hydrogen-bond acceptors (Lipinski definition) is 0. The van der Waals surface area contributed by atoms with Gasteiger partial charge >= 0.3 is 0 Å². The Kier molecular flexibility index (Phi) is 2.45. The molecule has 1 aliphatic rings. The molecule has 1 aliphatic carbocycles. The highest BCUT2D eigenvalue weighted by molar-refractivity contribution is 4.96. The van der Waals surface area contributed by atoms with E-state index in [0.717, 1.165) is 6.42 Å². The summed E-state index contributed by atoms with van der Waals surface area (Å²) in [5.74, 6) is 0.331. The van der Waals surface area contributed by atoms with Gasteiger partial charge in [0.1, 0.15) is 5.67 Å². The van der Waals surface area contributed by atoms with Crippen LogP contribution in [0, 0.1) is 5.92 Å². The number of alkyl halides is 1. The number of hydrogen-bond donors (Lipinski definition) is 0. The van der Waals surface area contributed by atoms with E-state index in [1.165, 1.54) is 0 Å². The molecule has 0 heterocycles. The van der Waals surface area contributed by atoms with Crippen LogP contribution in [0.15, 0.2) is 0 Å². The Bertz CT molecular complexity index is 66.8. The molecule has 0 spiro atoms. The molecule has 1 saturated carbocycles. The van der Waals surface area contributed by atoms with Crippen molar-refractivity contribution in [2.24, 2.45) is 5.92 Å². The van der Waals surface area contributed by atoms with E-state index in [1.807, 2.05) is 20.8 Å². The lowest BCUT2D eigenvalue weighted by atomic mass is 10.3. The van der Waals surface area contributed by atoms with Gasteiger partial charge in [0.15, 0.2) is 0 Å². The average molecular weight is 118 g/mol. The van der Waals surface area contributed by atoms with Gasteiger partial charge in [-0.15, -0.1) is 0 Å². The predicted molar refractivity (Wildman–Crippen MR) is 34.6 cm³/mol. The summed E-state index contributed by atoms with van der Waals surface area (Å²) in [4.78, 5) is 0. The molecule has 0 N–H and O–H groups in total. The van der Waals surface area contributed by atoms with Crippen LogP contribution in [0.4, 0.5) is 4.39 Å². The zero-order chi connectivity index (χ0) is 6.78. The van der Waals surface area contributed by atoms with Gasteiger partial charge in [0.2, 0.25) is 0 Å². The van der Waals surface area contributed by atoms with Crippen molar-refractivity contribution in [3.63, 3.8) is 0 Å². The minimum Gasteiger partial charge on any atom is -0.244 e. The molecule has 1 rings (SSSR count). The molecule has 50 valence electrons. The van der Waals surface area contributed by atoms with Crippen LogP contribution in [-0.2, 0) is 0 Å². The zero-order valence-electron chi connectivity index (χ0n) is 6.16. The molecule has 0 aromatic rings. The molecule has 0 nitrogen and oxygen atoms in total. The van der Waals surface area contributed by atoms with Gasteiger partial charge in [0.05, 0.1) is 0 Å². The summed E-state index contributed by atoms with van der Waals surface area (Å²) in [7, 11) is 0. The minimum atomic E-state index is -0.792. The second kappa shape index (κ2) is 2.47. The maximum atomic E-state index is 12.2. The van der Waals surface area contributed by atoms with E-state index in [1.54, 1.807) is 6.92 Å².